The zero-order valence-corrected chi connectivity index (χ0v) is 14.8. The molecule has 6 heteroatoms. The van der Waals surface area contributed by atoms with Crippen molar-refractivity contribution in [1.29, 1.82) is 0 Å². The second kappa shape index (κ2) is 8.06. The van der Waals surface area contributed by atoms with Gasteiger partial charge < -0.3 is 10.2 Å². The van der Waals surface area contributed by atoms with Gasteiger partial charge in [0.2, 0.25) is 0 Å². The fourth-order valence-electron chi connectivity index (χ4n) is 2.64. The van der Waals surface area contributed by atoms with Crippen LogP contribution in [0.15, 0.2) is 24.3 Å². The number of carbonyl (C=O) groups excluding carboxylic acids is 1. The zero-order valence-electron chi connectivity index (χ0n) is 14.8. The third kappa shape index (κ3) is 4.20. The Kier molecular flexibility index (Phi) is 6.09. The monoisotopic (exact) mass is 333 g/mol. The number of nitrogens with zero attached hydrogens (tertiary/aromatic N) is 2. The first-order valence-electron chi connectivity index (χ1n) is 8.35. The summed E-state index contributed by atoms with van der Waals surface area (Å²) in [6.07, 6.45) is 1.60. The van der Waals surface area contributed by atoms with Gasteiger partial charge in [0.1, 0.15) is 5.82 Å². The summed E-state index contributed by atoms with van der Waals surface area (Å²) in [5.41, 5.74) is 2.73. The van der Waals surface area contributed by atoms with Crippen LogP contribution in [-0.2, 0) is 6.42 Å². The number of amides is 1. The molecule has 1 aromatic heterocycles. The number of nitrogens with one attached hydrogen (secondary N) is 2. The number of hydrogen-bond donors (Lipinski definition) is 2. The Morgan fingerprint density at radius 2 is 2.12 bits per heavy atom. The van der Waals surface area contributed by atoms with Crippen LogP contribution >= 0.6 is 0 Å². The molecule has 0 spiro atoms. The van der Waals surface area contributed by atoms with Crippen LogP contribution in [0.3, 0.4) is 0 Å². The lowest BCUT2D eigenvalue weighted by atomic mass is 10.1. The molecule has 1 heterocycles. The van der Waals surface area contributed by atoms with Gasteiger partial charge in [-0.2, -0.15) is 5.10 Å². The number of halogens is 1. The molecule has 1 aromatic carbocycles. The van der Waals surface area contributed by atoms with Gasteiger partial charge in [-0.3, -0.25) is 4.79 Å². The summed E-state index contributed by atoms with van der Waals surface area (Å²) in [4.78, 5) is 13.9. The van der Waals surface area contributed by atoms with Crippen molar-refractivity contribution in [3.63, 3.8) is 0 Å². The summed E-state index contributed by atoms with van der Waals surface area (Å²) in [6.45, 7) is 5.36. The predicted octanol–water partition coefficient (Wildman–Crippen LogP) is 1.15. The molecule has 2 N–H and O–H groups in total. The van der Waals surface area contributed by atoms with Gasteiger partial charge in [0, 0.05) is 0 Å². The number of aromatic nitrogens is 2. The highest BCUT2D eigenvalue weighted by molar-refractivity contribution is 5.96. The van der Waals surface area contributed by atoms with Gasteiger partial charge in [0.05, 0.1) is 49.8 Å². The summed E-state index contributed by atoms with van der Waals surface area (Å²) >= 11 is 0. The number of hydrogen-bond acceptors (Lipinski definition) is 2. The van der Waals surface area contributed by atoms with Crippen LogP contribution in [0.5, 0.6) is 0 Å². The summed E-state index contributed by atoms with van der Waals surface area (Å²) in [5.74, 6) is -0.431. The van der Waals surface area contributed by atoms with Gasteiger partial charge in [-0.05, 0) is 31.5 Å². The van der Waals surface area contributed by atoms with Crippen molar-refractivity contribution < 1.29 is 14.1 Å². The molecule has 2 aromatic rings. The Balaban J connectivity index is 2.34. The van der Waals surface area contributed by atoms with E-state index in [9.17, 15) is 9.18 Å². The standard InChI is InChI=1S/C18H25FN4O/c1-5-7-16-17(18(24)20-10-11-22(3)4)13(2)23(21-16)15-9-6-8-14(19)12-15/h6,8-9,12H,5,7,10-11H2,1-4H3,(H,20,24)/p+1. The molecule has 0 saturated heterocycles. The molecule has 0 bridgehead atoms. The van der Waals surface area contributed by atoms with Crippen molar-refractivity contribution in [2.24, 2.45) is 0 Å². The number of likely N-dealkylation sites (N-methyl/N-ethyl adjacent to an activating group) is 1. The maximum absolute atomic E-state index is 13.5. The van der Waals surface area contributed by atoms with Crippen molar-refractivity contribution in [1.82, 2.24) is 15.1 Å². The first-order chi connectivity index (χ1) is 11.4. The van der Waals surface area contributed by atoms with Crippen LogP contribution in [0.25, 0.3) is 5.69 Å². The molecule has 0 aliphatic carbocycles. The van der Waals surface area contributed by atoms with E-state index in [0.717, 1.165) is 24.4 Å². The minimum absolute atomic E-state index is 0.111. The second-order valence-corrected chi connectivity index (χ2v) is 6.26. The molecule has 5 nitrogen and oxygen atoms in total. The van der Waals surface area contributed by atoms with Gasteiger partial charge in [-0.25, -0.2) is 9.07 Å². The molecule has 0 aliphatic heterocycles. The zero-order chi connectivity index (χ0) is 17.7. The Bertz CT molecular complexity index is 709. The second-order valence-electron chi connectivity index (χ2n) is 6.26. The largest absolute Gasteiger partial charge is 0.346 e. The highest BCUT2D eigenvalue weighted by Crippen LogP contribution is 2.20. The minimum atomic E-state index is -0.320. The number of quaternary nitrogens is 1. The van der Waals surface area contributed by atoms with E-state index >= 15 is 0 Å². The predicted molar refractivity (Wildman–Crippen MR) is 92.3 cm³/mol. The summed E-state index contributed by atoms with van der Waals surface area (Å²) < 4.78 is 15.2. The summed E-state index contributed by atoms with van der Waals surface area (Å²) in [5, 5.41) is 7.52. The van der Waals surface area contributed by atoms with E-state index in [0.29, 0.717) is 24.2 Å². The highest BCUT2D eigenvalue weighted by Gasteiger charge is 2.21. The van der Waals surface area contributed by atoms with Crippen LogP contribution in [0.1, 0.15) is 35.1 Å². The first-order valence-corrected chi connectivity index (χ1v) is 8.35. The minimum Gasteiger partial charge on any atom is -0.346 e. The maximum Gasteiger partial charge on any atom is 0.255 e. The van der Waals surface area contributed by atoms with E-state index in [-0.39, 0.29) is 11.7 Å². The van der Waals surface area contributed by atoms with Gasteiger partial charge in [0.25, 0.3) is 5.91 Å². The van der Waals surface area contributed by atoms with E-state index in [4.69, 9.17) is 0 Å². The number of carbonyl (C=O) groups is 1. The smallest absolute Gasteiger partial charge is 0.255 e. The van der Waals surface area contributed by atoms with Crippen LogP contribution in [-0.4, -0.2) is 42.9 Å². The molecule has 24 heavy (non-hydrogen) atoms. The van der Waals surface area contributed by atoms with E-state index in [1.165, 1.54) is 17.0 Å². The Morgan fingerprint density at radius 3 is 2.75 bits per heavy atom. The lowest BCUT2D eigenvalue weighted by Crippen LogP contribution is -3.06. The molecule has 130 valence electrons. The molecule has 2 rings (SSSR count). The van der Waals surface area contributed by atoms with Crippen LogP contribution in [0.2, 0.25) is 0 Å². The maximum atomic E-state index is 13.5. The third-order valence-corrected chi connectivity index (χ3v) is 3.87. The number of rotatable bonds is 7. The molecular formula is C18H26FN4O+. The van der Waals surface area contributed by atoms with E-state index in [1.807, 2.05) is 27.9 Å². The van der Waals surface area contributed by atoms with Gasteiger partial charge in [0.15, 0.2) is 0 Å². The summed E-state index contributed by atoms with van der Waals surface area (Å²) in [6, 6.07) is 6.25. The topological polar surface area (TPSA) is 51.4 Å². The van der Waals surface area contributed by atoms with E-state index < -0.39 is 0 Å². The van der Waals surface area contributed by atoms with Crippen LogP contribution < -0.4 is 10.2 Å². The molecule has 0 atom stereocenters. The fourth-order valence-corrected chi connectivity index (χ4v) is 2.64. The molecule has 0 radical (unpaired) electrons. The SMILES string of the molecule is CCCc1nn(-c2cccc(F)c2)c(C)c1C(=O)NCC[NH+](C)C. The van der Waals surface area contributed by atoms with E-state index in [1.54, 1.807) is 16.8 Å². The van der Waals surface area contributed by atoms with Crippen molar-refractivity contribution in [3.8, 4) is 5.69 Å². The molecule has 0 unspecified atom stereocenters. The Labute approximate surface area is 142 Å². The first kappa shape index (κ1) is 18.1. The molecular weight excluding hydrogens is 307 g/mol. The molecule has 0 fully saturated rings. The van der Waals surface area contributed by atoms with Crippen molar-refractivity contribution >= 4 is 5.91 Å². The Morgan fingerprint density at radius 1 is 1.38 bits per heavy atom. The molecule has 0 aliphatic rings. The van der Waals surface area contributed by atoms with Crippen LogP contribution in [0, 0.1) is 12.7 Å². The normalized spacial score (nSPS) is 11.1. The molecule has 0 saturated carbocycles. The van der Waals surface area contributed by atoms with Crippen LogP contribution in [0.4, 0.5) is 4.39 Å². The number of benzene rings is 1. The van der Waals surface area contributed by atoms with Crippen molar-refractivity contribution in [3.05, 3.63) is 47.0 Å². The lowest BCUT2D eigenvalue weighted by molar-refractivity contribution is -0.856. The fraction of sp³-hybridized carbons (Fsp3) is 0.444. The van der Waals surface area contributed by atoms with Gasteiger partial charge in [-0.1, -0.05) is 19.4 Å². The van der Waals surface area contributed by atoms with Gasteiger partial charge in [-0.15, -0.1) is 0 Å². The van der Waals surface area contributed by atoms with Gasteiger partial charge >= 0.3 is 0 Å². The highest BCUT2D eigenvalue weighted by atomic mass is 19.1. The van der Waals surface area contributed by atoms with Crippen molar-refractivity contribution in [2.45, 2.75) is 26.7 Å². The van der Waals surface area contributed by atoms with Crippen molar-refractivity contribution in [2.75, 3.05) is 27.2 Å². The third-order valence-electron chi connectivity index (χ3n) is 3.87. The Hall–Kier alpha value is -2.21. The average Bonchev–Trinajstić information content (AvgIpc) is 2.84. The molecule has 1 amide bonds. The van der Waals surface area contributed by atoms with E-state index in [2.05, 4.69) is 10.4 Å². The average molecular weight is 333 g/mol. The summed E-state index contributed by atoms with van der Waals surface area (Å²) in [7, 11) is 4.09. The lowest BCUT2D eigenvalue weighted by Gasteiger charge is -2.09. The quantitative estimate of drug-likeness (QED) is 0.799. The number of aryl methyl sites for hydroxylation is 1.